The highest BCUT2D eigenvalue weighted by molar-refractivity contribution is 6.32. The van der Waals surface area contributed by atoms with E-state index in [4.69, 9.17) is 16.3 Å². The third-order valence-corrected chi connectivity index (χ3v) is 5.39. The Hall–Kier alpha value is -4.08. The summed E-state index contributed by atoms with van der Waals surface area (Å²) in [6, 6.07) is 19.6. The molecular formula is C27H24ClN3O3. The van der Waals surface area contributed by atoms with Crippen molar-refractivity contribution in [3.63, 3.8) is 0 Å². The van der Waals surface area contributed by atoms with Gasteiger partial charge in [-0.25, -0.2) is 0 Å². The van der Waals surface area contributed by atoms with Crippen molar-refractivity contribution in [2.45, 2.75) is 20.8 Å². The van der Waals surface area contributed by atoms with E-state index in [0.717, 1.165) is 16.7 Å². The lowest BCUT2D eigenvalue weighted by molar-refractivity contribution is -0.118. The molecule has 0 radical (unpaired) electrons. The third-order valence-electron chi connectivity index (χ3n) is 5.09. The summed E-state index contributed by atoms with van der Waals surface area (Å²) < 4.78 is 5.54. The van der Waals surface area contributed by atoms with Crippen LogP contribution >= 0.6 is 11.6 Å². The van der Waals surface area contributed by atoms with E-state index in [9.17, 15) is 14.9 Å². The largest absolute Gasteiger partial charge is 0.482 e. The molecule has 0 spiro atoms. The Morgan fingerprint density at radius 2 is 1.65 bits per heavy atom. The zero-order chi connectivity index (χ0) is 24.7. The minimum atomic E-state index is -0.522. The van der Waals surface area contributed by atoms with Gasteiger partial charge in [0.25, 0.3) is 11.8 Å². The number of ether oxygens (including phenoxy) is 1. The Balaban J connectivity index is 1.62. The number of carbonyl (C=O) groups excluding carboxylic acids is 2. The van der Waals surface area contributed by atoms with Gasteiger partial charge in [-0.1, -0.05) is 41.4 Å². The molecule has 0 bridgehead atoms. The lowest BCUT2D eigenvalue weighted by Gasteiger charge is -2.10. The van der Waals surface area contributed by atoms with Crippen LogP contribution in [-0.2, 0) is 9.59 Å². The van der Waals surface area contributed by atoms with E-state index < -0.39 is 5.91 Å². The molecule has 0 unspecified atom stereocenters. The van der Waals surface area contributed by atoms with Gasteiger partial charge in [-0.3, -0.25) is 9.59 Å². The van der Waals surface area contributed by atoms with E-state index in [-0.39, 0.29) is 23.1 Å². The molecule has 3 aromatic rings. The van der Waals surface area contributed by atoms with Crippen LogP contribution in [0.4, 0.5) is 11.4 Å². The zero-order valence-electron chi connectivity index (χ0n) is 19.1. The molecule has 3 rings (SSSR count). The van der Waals surface area contributed by atoms with E-state index in [1.54, 1.807) is 30.3 Å². The normalized spacial score (nSPS) is 10.9. The molecule has 3 aromatic carbocycles. The molecule has 0 aliphatic carbocycles. The number of anilines is 2. The Bertz CT molecular complexity index is 1290. The summed E-state index contributed by atoms with van der Waals surface area (Å²) in [5, 5.41) is 15.2. The van der Waals surface area contributed by atoms with Crippen molar-refractivity contribution in [3.8, 4) is 11.8 Å². The van der Waals surface area contributed by atoms with Crippen molar-refractivity contribution in [1.29, 1.82) is 5.26 Å². The lowest BCUT2D eigenvalue weighted by atomic mass is 10.1. The third kappa shape index (κ3) is 6.71. The van der Waals surface area contributed by atoms with E-state index in [0.29, 0.717) is 22.7 Å². The van der Waals surface area contributed by atoms with Crippen LogP contribution in [0.1, 0.15) is 22.3 Å². The number of nitriles is 1. The molecule has 0 fully saturated rings. The van der Waals surface area contributed by atoms with Crippen LogP contribution in [0.15, 0.2) is 66.2 Å². The summed E-state index contributed by atoms with van der Waals surface area (Å²) >= 11 is 6.29. The minimum absolute atomic E-state index is 0.0712. The predicted molar refractivity (Wildman–Crippen MR) is 135 cm³/mol. The molecule has 0 aliphatic heterocycles. The Labute approximate surface area is 203 Å². The van der Waals surface area contributed by atoms with E-state index in [1.807, 2.05) is 57.2 Å². The number of halogens is 1. The van der Waals surface area contributed by atoms with Gasteiger partial charge in [0.1, 0.15) is 17.4 Å². The number of hydrogen-bond donors (Lipinski definition) is 2. The molecule has 7 heteroatoms. The lowest BCUT2D eigenvalue weighted by Crippen LogP contribution is -2.20. The van der Waals surface area contributed by atoms with Crippen LogP contribution in [-0.4, -0.2) is 18.4 Å². The first-order chi connectivity index (χ1) is 16.2. The quantitative estimate of drug-likeness (QED) is 0.333. The molecule has 0 atom stereocenters. The molecule has 0 heterocycles. The summed E-state index contributed by atoms with van der Waals surface area (Å²) in [4.78, 5) is 24.7. The van der Waals surface area contributed by atoms with E-state index >= 15 is 0 Å². The van der Waals surface area contributed by atoms with Gasteiger partial charge >= 0.3 is 0 Å². The van der Waals surface area contributed by atoms with Crippen LogP contribution < -0.4 is 15.4 Å². The summed E-state index contributed by atoms with van der Waals surface area (Å²) in [5.41, 5.74) is 5.05. The monoisotopic (exact) mass is 473 g/mol. The number of amides is 2. The molecule has 172 valence electrons. The van der Waals surface area contributed by atoms with Crippen molar-refractivity contribution < 1.29 is 14.3 Å². The summed E-state index contributed by atoms with van der Waals surface area (Å²) in [7, 11) is 0. The van der Waals surface area contributed by atoms with Crippen molar-refractivity contribution in [1.82, 2.24) is 0 Å². The SMILES string of the molecule is Cc1ccc(NC(=O)/C(C#N)=C\c2ccc(OCC(=O)Nc3ccc(C)c(C)c3)c(Cl)c2)cc1. The van der Waals surface area contributed by atoms with Crippen LogP contribution in [0.3, 0.4) is 0 Å². The van der Waals surface area contributed by atoms with Gasteiger partial charge in [0.15, 0.2) is 6.61 Å². The Morgan fingerprint density at radius 1 is 0.941 bits per heavy atom. The summed E-state index contributed by atoms with van der Waals surface area (Å²) in [6.45, 7) is 5.70. The number of carbonyl (C=O) groups is 2. The first kappa shape index (κ1) is 24.6. The summed E-state index contributed by atoms with van der Waals surface area (Å²) in [6.07, 6.45) is 1.44. The highest BCUT2D eigenvalue weighted by Gasteiger charge is 2.11. The Morgan fingerprint density at radius 3 is 2.29 bits per heavy atom. The van der Waals surface area contributed by atoms with Gasteiger partial charge < -0.3 is 15.4 Å². The minimum Gasteiger partial charge on any atom is -0.482 e. The predicted octanol–water partition coefficient (Wildman–Crippen LogP) is 5.83. The number of hydrogen-bond acceptors (Lipinski definition) is 4. The van der Waals surface area contributed by atoms with E-state index in [1.165, 1.54) is 6.08 Å². The van der Waals surface area contributed by atoms with Crippen molar-refractivity contribution >= 4 is 40.9 Å². The van der Waals surface area contributed by atoms with Crippen LogP contribution in [0.2, 0.25) is 5.02 Å². The molecule has 34 heavy (non-hydrogen) atoms. The molecule has 0 aromatic heterocycles. The van der Waals surface area contributed by atoms with Crippen LogP contribution in [0.5, 0.6) is 5.75 Å². The molecule has 0 aliphatic rings. The number of benzene rings is 3. The Kier molecular flexibility index (Phi) is 8.07. The maximum absolute atomic E-state index is 12.4. The van der Waals surface area contributed by atoms with Gasteiger partial charge in [-0.05, 0) is 79.9 Å². The fourth-order valence-corrected chi connectivity index (χ4v) is 3.28. The standard InChI is InChI=1S/C27H24ClN3O3/c1-17-4-8-22(9-5-17)31-27(33)21(15-29)13-20-7-11-25(24(28)14-20)34-16-26(32)30-23-10-6-18(2)19(3)12-23/h4-14H,16H2,1-3H3,(H,30,32)(H,31,33)/b21-13-. The van der Waals surface area contributed by atoms with Gasteiger partial charge in [-0.15, -0.1) is 0 Å². The second-order valence-corrected chi connectivity index (χ2v) is 8.22. The van der Waals surface area contributed by atoms with Gasteiger partial charge in [0.05, 0.1) is 5.02 Å². The molecule has 0 saturated heterocycles. The van der Waals surface area contributed by atoms with Gasteiger partial charge in [0.2, 0.25) is 0 Å². The van der Waals surface area contributed by atoms with Gasteiger partial charge in [0, 0.05) is 11.4 Å². The molecule has 2 amide bonds. The smallest absolute Gasteiger partial charge is 0.266 e. The number of nitrogens with zero attached hydrogens (tertiary/aromatic N) is 1. The molecule has 6 nitrogen and oxygen atoms in total. The average Bonchev–Trinajstić information content (AvgIpc) is 2.80. The van der Waals surface area contributed by atoms with E-state index in [2.05, 4.69) is 10.6 Å². The molecule has 2 N–H and O–H groups in total. The summed E-state index contributed by atoms with van der Waals surface area (Å²) in [5.74, 6) is -0.523. The van der Waals surface area contributed by atoms with Gasteiger partial charge in [-0.2, -0.15) is 5.26 Å². The van der Waals surface area contributed by atoms with Crippen molar-refractivity contribution in [2.24, 2.45) is 0 Å². The van der Waals surface area contributed by atoms with Crippen molar-refractivity contribution in [2.75, 3.05) is 17.2 Å². The maximum atomic E-state index is 12.4. The van der Waals surface area contributed by atoms with Crippen LogP contribution in [0, 0.1) is 32.1 Å². The van der Waals surface area contributed by atoms with Crippen molar-refractivity contribution in [3.05, 3.63) is 93.5 Å². The number of aryl methyl sites for hydroxylation is 3. The first-order valence-corrected chi connectivity index (χ1v) is 10.9. The fraction of sp³-hybridized carbons (Fsp3) is 0.148. The zero-order valence-corrected chi connectivity index (χ0v) is 19.9. The average molecular weight is 474 g/mol. The molecule has 0 saturated carbocycles. The number of rotatable bonds is 7. The second-order valence-electron chi connectivity index (χ2n) is 7.82. The number of nitrogens with one attached hydrogen (secondary N) is 2. The second kappa shape index (κ2) is 11.2. The fourth-order valence-electron chi connectivity index (χ4n) is 3.03. The highest BCUT2D eigenvalue weighted by atomic mass is 35.5. The topological polar surface area (TPSA) is 91.2 Å². The highest BCUT2D eigenvalue weighted by Crippen LogP contribution is 2.27. The van der Waals surface area contributed by atoms with Crippen LogP contribution in [0.25, 0.3) is 6.08 Å². The maximum Gasteiger partial charge on any atom is 0.266 e. The molecular weight excluding hydrogens is 450 g/mol. The first-order valence-electron chi connectivity index (χ1n) is 10.5.